The van der Waals surface area contributed by atoms with Crippen molar-refractivity contribution in [3.63, 3.8) is 0 Å². The van der Waals surface area contributed by atoms with Crippen molar-refractivity contribution in [1.82, 2.24) is 0 Å². The molecule has 1 aliphatic rings. The highest BCUT2D eigenvalue weighted by Crippen LogP contribution is 2.68. The van der Waals surface area contributed by atoms with Gasteiger partial charge in [-0.15, -0.1) is 0 Å². The van der Waals surface area contributed by atoms with Crippen molar-refractivity contribution in [2.75, 3.05) is 6.61 Å². The van der Waals surface area contributed by atoms with Gasteiger partial charge in [-0.25, -0.2) is 9.79 Å². The quantitative estimate of drug-likeness (QED) is 0.519. The molecule has 1 aromatic carbocycles. The van der Waals surface area contributed by atoms with Crippen molar-refractivity contribution in [3.05, 3.63) is 47.5 Å². The molecule has 136 valence electrons. The lowest BCUT2D eigenvalue weighted by Gasteiger charge is -2.26. The Balaban J connectivity index is 2.42. The lowest BCUT2D eigenvalue weighted by molar-refractivity contribution is -0.143. The molecular weight excluding hydrogens is 347 g/mol. The number of benzene rings is 1. The van der Waals surface area contributed by atoms with Gasteiger partial charge in [-0.05, 0) is 18.4 Å². The van der Waals surface area contributed by atoms with Gasteiger partial charge in [0.25, 0.3) is 0 Å². The number of aliphatic carboxylic acids is 2. The van der Waals surface area contributed by atoms with E-state index in [0.717, 1.165) is 6.42 Å². The first-order valence-electron chi connectivity index (χ1n) is 7.99. The monoisotopic (exact) mass is 369 g/mol. The van der Waals surface area contributed by atoms with Crippen LogP contribution < -0.4 is 0 Å². The van der Waals surface area contributed by atoms with E-state index in [1.807, 2.05) is 0 Å². The summed E-state index contributed by atoms with van der Waals surface area (Å²) in [6, 6.07) is 8.34. The van der Waals surface area contributed by atoms with Crippen molar-refractivity contribution in [2.45, 2.75) is 31.3 Å². The Kier molecular flexibility index (Phi) is 6.53. The molecule has 1 aliphatic heterocycles. The first kappa shape index (κ1) is 19.4. The van der Waals surface area contributed by atoms with E-state index in [-0.39, 0.29) is 12.8 Å². The SMILES string of the molecule is O=C(O)CCC(C(=O)O)C(c1ccccc1)[P+](O)(O)C=C1CCCO1. The number of carbonyl (C=O) groups is 2. The summed E-state index contributed by atoms with van der Waals surface area (Å²) in [4.78, 5) is 44.2. The second-order valence-corrected chi connectivity index (χ2v) is 8.20. The average Bonchev–Trinajstić information content (AvgIpc) is 3.03. The van der Waals surface area contributed by atoms with Crippen LogP contribution in [0.5, 0.6) is 0 Å². The molecule has 0 spiro atoms. The first-order valence-corrected chi connectivity index (χ1v) is 9.82. The van der Waals surface area contributed by atoms with E-state index in [1.165, 1.54) is 5.82 Å². The molecule has 2 rings (SSSR count). The number of carboxylic acids is 2. The van der Waals surface area contributed by atoms with Crippen LogP contribution in [0.3, 0.4) is 0 Å². The molecule has 0 amide bonds. The molecule has 0 radical (unpaired) electrons. The van der Waals surface area contributed by atoms with Crippen LogP contribution in [0.1, 0.15) is 36.9 Å². The van der Waals surface area contributed by atoms with E-state index in [4.69, 9.17) is 9.84 Å². The van der Waals surface area contributed by atoms with Crippen molar-refractivity contribution < 1.29 is 34.3 Å². The van der Waals surface area contributed by atoms with Crippen LogP contribution in [0.25, 0.3) is 0 Å². The fourth-order valence-corrected chi connectivity index (χ4v) is 5.18. The van der Waals surface area contributed by atoms with Gasteiger partial charge in [0, 0.05) is 12.8 Å². The summed E-state index contributed by atoms with van der Waals surface area (Å²) in [6.45, 7) is 0.489. The maximum absolute atomic E-state index is 11.8. The van der Waals surface area contributed by atoms with E-state index in [1.54, 1.807) is 30.3 Å². The Bertz CT molecular complexity index is 634. The zero-order valence-electron chi connectivity index (χ0n) is 13.6. The van der Waals surface area contributed by atoms with Gasteiger partial charge in [0.2, 0.25) is 0 Å². The van der Waals surface area contributed by atoms with E-state index < -0.39 is 31.2 Å². The van der Waals surface area contributed by atoms with Crippen molar-refractivity contribution in [2.24, 2.45) is 5.92 Å². The maximum atomic E-state index is 11.8. The molecule has 1 heterocycles. The van der Waals surface area contributed by atoms with Crippen molar-refractivity contribution >= 4 is 19.7 Å². The zero-order valence-corrected chi connectivity index (χ0v) is 14.5. The average molecular weight is 369 g/mol. The number of allylic oxidation sites excluding steroid dienone is 1. The molecule has 0 bridgehead atoms. The fourth-order valence-electron chi connectivity index (χ4n) is 2.98. The molecule has 25 heavy (non-hydrogen) atoms. The molecule has 7 nitrogen and oxygen atoms in total. The Labute approximate surface area is 146 Å². The third-order valence-electron chi connectivity index (χ3n) is 4.11. The largest absolute Gasteiger partial charge is 0.494 e. The van der Waals surface area contributed by atoms with E-state index in [2.05, 4.69) is 0 Å². The lowest BCUT2D eigenvalue weighted by atomic mass is 9.94. The van der Waals surface area contributed by atoms with Gasteiger partial charge in [0.15, 0.2) is 11.5 Å². The Morgan fingerprint density at radius 3 is 2.40 bits per heavy atom. The van der Waals surface area contributed by atoms with E-state index >= 15 is 0 Å². The van der Waals surface area contributed by atoms with Crippen molar-refractivity contribution in [3.8, 4) is 0 Å². The highest BCUT2D eigenvalue weighted by molar-refractivity contribution is 7.68. The topological polar surface area (TPSA) is 124 Å². The maximum Gasteiger partial charge on any atom is 0.311 e. The predicted molar refractivity (Wildman–Crippen MR) is 91.8 cm³/mol. The van der Waals surface area contributed by atoms with Crippen LogP contribution in [0.4, 0.5) is 0 Å². The Morgan fingerprint density at radius 2 is 1.88 bits per heavy atom. The highest BCUT2D eigenvalue weighted by atomic mass is 31.2. The molecule has 1 fully saturated rings. The molecule has 2 atom stereocenters. The fraction of sp³-hybridized carbons (Fsp3) is 0.412. The van der Waals surface area contributed by atoms with Gasteiger partial charge >= 0.3 is 19.7 Å². The predicted octanol–water partition coefficient (Wildman–Crippen LogP) is 2.78. The number of ether oxygens (including phenoxy) is 1. The van der Waals surface area contributed by atoms with Gasteiger partial charge in [-0.3, -0.25) is 9.59 Å². The number of carboxylic acid groups (broad SMARTS) is 2. The number of hydrogen-bond donors (Lipinski definition) is 4. The second-order valence-electron chi connectivity index (χ2n) is 5.98. The molecule has 4 N–H and O–H groups in total. The smallest absolute Gasteiger partial charge is 0.311 e. The third-order valence-corrected chi connectivity index (χ3v) is 6.25. The third kappa shape index (κ3) is 5.26. The minimum absolute atomic E-state index is 0.197. The van der Waals surface area contributed by atoms with Gasteiger partial charge in [0.1, 0.15) is 11.7 Å². The molecule has 0 aliphatic carbocycles. The summed E-state index contributed by atoms with van der Waals surface area (Å²) >= 11 is 0. The van der Waals surface area contributed by atoms with Gasteiger partial charge in [0.05, 0.1) is 6.61 Å². The van der Waals surface area contributed by atoms with Crippen LogP contribution in [0, 0.1) is 5.92 Å². The first-order chi connectivity index (χ1) is 11.8. The molecule has 0 saturated carbocycles. The minimum atomic E-state index is -3.85. The van der Waals surface area contributed by atoms with E-state index in [9.17, 15) is 24.5 Å². The summed E-state index contributed by atoms with van der Waals surface area (Å²) in [6.07, 6.45) is 0.769. The Morgan fingerprint density at radius 1 is 1.20 bits per heavy atom. The second kappa shape index (κ2) is 8.43. The summed E-state index contributed by atoms with van der Waals surface area (Å²) < 4.78 is 5.34. The van der Waals surface area contributed by atoms with Crippen LogP contribution in [0.2, 0.25) is 0 Å². The lowest BCUT2D eigenvalue weighted by Crippen LogP contribution is -2.25. The van der Waals surface area contributed by atoms with Crippen molar-refractivity contribution in [1.29, 1.82) is 0 Å². The molecule has 1 saturated heterocycles. The molecule has 8 heteroatoms. The van der Waals surface area contributed by atoms with Gasteiger partial charge < -0.3 is 14.9 Å². The molecule has 1 aromatic rings. The normalized spacial score (nSPS) is 18.6. The van der Waals surface area contributed by atoms with Crippen LogP contribution in [-0.4, -0.2) is 38.5 Å². The summed E-state index contributed by atoms with van der Waals surface area (Å²) in [5, 5.41) is 18.5. The summed E-state index contributed by atoms with van der Waals surface area (Å²) in [7, 11) is -3.85. The Hall–Kier alpha value is -1.95. The molecule has 2 unspecified atom stereocenters. The summed E-state index contributed by atoms with van der Waals surface area (Å²) in [5.41, 5.74) is -0.671. The number of rotatable bonds is 8. The van der Waals surface area contributed by atoms with Crippen LogP contribution >= 0.6 is 7.72 Å². The van der Waals surface area contributed by atoms with Gasteiger partial charge in [-0.2, -0.15) is 0 Å². The standard InChI is InChI=1S/C17H21O7P/c18-15(19)9-8-14(17(20)21)16(12-5-2-1-3-6-12)25(22,23)11-13-7-4-10-24-13/h1-3,5-6,11,14,16,22-23H,4,7-10H2,(H-,18,19,20,21)/p+1. The zero-order chi connectivity index (χ0) is 18.4. The van der Waals surface area contributed by atoms with E-state index in [0.29, 0.717) is 24.4 Å². The summed E-state index contributed by atoms with van der Waals surface area (Å²) in [5.74, 6) is -1.93. The highest BCUT2D eigenvalue weighted by Gasteiger charge is 2.51. The van der Waals surface area contributed by atoms with Crippen LogP contribution in [0.15, 0.2) is 41.9 Å². The minimum Gasteiger partial charge on any atom is -0.494 e. The van der Waals surface area contributed by atoms with Crippen LogP contribution in [-0.2, 0) is 14.3 Å². The molecular formula is C17H22O7P+. The number of hydrogen-bond acceptors (Lipinski definition) is 5. The van der Waals surface area contributed by atoms with Gasteiger partial charge in [-0.1, -0.05) is 30.3 Å². The molecule has 0 aromatic heterocycles.